The van der Waals surface area contributed by atoms with Gasteiger partial charge in [-0.25, -0.2) is 0 Å². The van der Waals surface area contributed by atoms with Crippen molar-refractivity contribution in [1.82, 2.24) is 0 Å². The van der Waals surface area contributed by atoms with Crippen LogP contribution in [0.15, 0.2) is 217 Å². The Hall–Kier alpha value is -7.42. The summed E-state index contributed by atoms with van der Waals surface area (Å²) in [7, 11) is 0. The number of rotatable bonds is 6. The summed E-state index contributed by atoms with van der Waals surface area (Å²) >= 11 is 0. The highest BCUT2D eigenvalue weighted by molar-refractivity contribution is 6.15. The number of hydrogen-bond acceptors (Lipinski definition) is 2. The van der Waals surface area contributed by atoms with Crippen LogP contribution in [0.4, 0.5) is 17.1 Å². The van der Waals surface area contributed by atoms with E-state index in [1.807, 2.05) is 12.1 Å². The fourth-order valence-electron chi connectivity index (χ4n) is 8.67. The largest absolute Gasteiger partial charge is 0.456 e. The number of nitrogens with zero attached hydrogens (tertiary/aromatic N) is 1. The van der Waals surface area contributed by atoms with Crippen LogP contribution in [0.3, 0.4) is 0 Å². The lowest BCUT2D eigenvalue weighted by molar-refractivity contribution is 0.669. The molecule has 10 aromatic carbocycles. The zero-order valence-electron chi connectivity index (χ0n) is 30.6. The molecule has 0 unspecified atom stereocenters. The predicted molar refractivity (Wildman–Crippen MR) is 237 cm³/mol. The number of anilines is 3. The van der Waals surface area contributed by atoms with Gasteiger partial charge in [-0.2, -0.15) is 0 Å². The van der Waals surface area contributed by atoms with Gasteiger partial charge >= 0.3 is 0 Å². The van der Waals surface area contributed by atoms with Crippen LogP contribution in [0, 0.1) is 0 Å². The summed E-state index contributed by atoms with van der Waals surface area (Å²) in [5.41, 5.74) is 12.3. The minimum atomic E-state index is 0.902. The quantitative estimate of drug-likeness (QED) is 0.160. The van der Waals surface area contributed by atoms with E-state index >= 15 is 0 Å². The molecule has 0 radical (unpaired) electrons. The first-order valence-electron chi connectivity index (χ1n) is 19.2. The molecule has 0 saturated heterocycles. The van der Waals surface area contributed by atoms with Gasteiger partial charge in [-0.3, -0.25) is 0 Å². The van der Waals surface area contributed by atoms with E-state index in [2.05, 4.69) is 205 Å². The van der Waals surface area contributed by atoms with Crippen molar-refractivity contribution in [2.45, 2.75) is 0 Å². The van der Waals surface area contributed by atoms with Crippen molar-refractivity contribution in [3.8, 4) is 33.4 Å². The Balaban J connectivity index is 1.08. The molecule has 0 aliphatic carbocycles. The van der Waals surface area contributed by atoms with Gasteiger partial charge in [-0.1, -0.05) is 170 Å². The molecule has 0 atom stereocenters. The molecule has 0 bridgehead atoms. The number of para-hydroxylation sites is 1. The van der Waals surface area contributed by atoms with Crippen molar-refractivity contribution in [3.05, 3.63) is 212 Å². The number of furan rings is 1. The lowest BCUT2D eigenvalue weighted by atomic mass is 9.89. The first kappa shape index (κ1) is 32.0. The molecular weight excluding hydrogens is 679 g/mol. The first-order valence-corrected chi connectivity index (χ1v) is 19.2. The monoisotopic (exact) mass is 713 g/mol. The van der Waals surface area contributed by atoms with E-state index in [-0.39, 0.29) is 0 Å². The molecule has 0 fully saturated rings. The molecule has 11 aromatic rings. The van der Waals surface area contributed by atoms with Crippen molar-refractivity contribution >= 4 is 71.3 Å². The summed E-state index contributed by atoms with van der Waals surface area (Å²) in [6.07, 6.45) is 0. The van der Waals surface area contributed by atoms with Crippen LogP contribution in [-0.4, -0.2) is 0 Å². The molecule has 11 rings (SSSR count). The molecular formula is C54H35NO. The van der Waals surface area contributed by atoms with Crippen LogP contribution >= 0.6 is 0 Å². The highest BCUT2D eigenvalue weighted by Gasteiger charge is 2.20. The second-order valence-corrected chi connectivity index (χ2v) is 14.4. The number of hydrogen-bond donors (Lipinski definition) is 0. The standard InChI is InChI=1S/C54H35NO/c1-2-14-39(15-3-1)53-44-18-7-4-13-36(44)29-34-46(53)38-27-32-42(33-28-38)55(50-35-40-16-5-6-17-43(40)47-19-8-9-20-48(47)50)41-30-25-37(26-31-41)45-22-12-24-52-54(45)49-21-10-11-23-51(49)56-52/h1-35H. The van der Waals surface area contributed by atoms with Crippen LogP contribution in [0.1, 0.15) is 0 Å². The third-order valence-corrected chi connectivity index (χ3v) is 11.3. The molecule has 0 saturated carbocycles. The van der Waals surface area contributed by atoms with Gasteiger partial charge in [0, 0.05) is 27.5 Å². The van der Waals surface area contributed by atoms with Crippen molar-refractivity contribution in [1.29, 1.82) is 0 Å². The first-order chi connectivity index (χ1) is 27.8. The molecule has 0 aliphatic rings. The third-order valence-electron chi connectivity index (χ3n) is 11.3. The van der Waals surface area contributed by atoms with Crippen molar-refractivity contribution in [2.75, 3.05) is 4.90 Å². The van der Waals surface area contributed by atoms with Crippen LogP contribution in [0.5, 0.6) is 0 Å². The normalized spacial score (nSPS) is 11.6. The third kappa shape index (κ3) is 5.26. The summed E-state index contributed by atoms with van der Waals surface area (Å²) in [5.74, 6) is 0. The Morgan fingerprint density at radius 3 is 1.64 bits per heavy atom. The van der Waals surface area contributed by atoms with E-state index in [0.29, 0.717) is 0 Å². The summed E-state index contributed by atoms with van der Waals surface area (Å²) in [4.78, 5) is 2.41. The van der Waals surface area contributed by atoms with Gasteiger partial charge in [-0.05, 0) is 103 Å². The van der Waals surface area contributed by atoms with Crippen LogP contribution in [0.2, 0.25) is 0 Å². The summed E-state index contributed by atoms with van der Waals surface area (Å²) in [6.45, 7) is 0. The van der Waals surface area contributed by atoms with E-state index < -0.39 is 0 Å². The summed E-state index contributed by atoms with van der Waals surface area (Å²) in [5, 5.41) is 9.67. The molecule has 0 N–H and O–H groups in total. The maximum Gasteiger partial charge on any atom is 0.136 e. The molecule has 0 aliphatic heterocycles. The Morgan fingerprint density at radius 1 is 0.321 bits per heavy atom. The summed E-state index contributed by atoms with van der Waals surface area (Å²) in [6, 6.07) is 76.5. The minimum Gasteiger partial charge on any atom is -0.456 e. The zero-order chi connectivity index (χ0) is 37.0. The van der Waals surface area contributed by atoms with Crippen LogP contribution in [-0.2, 0) is 0 Å². The van der Waals surface area contributed by atoms with Crippen LogP contribution < -0.4 is 4.90 Å². The van der Waals surface area contributed by atoms with Gasteiger partial charge < -0.3 is 9.32 Å². The SMILES string of the molecule is c1ccc(-c2c(-c3ccc(N(c4ccc(-c5cccc6oc7ccccc7c56)cc4)c4cc5ccccc5c5ccccc45)cc3)ccc3ccccc23)cc1. The molecule has 0 spiro atoms. The Labute approximate surface area is 325 Å². The molecule has 56 heavy (non-hydrogen) atoms. The van der Waals surface area contributed by atoms with Gasteiger partial charge in [0.05, 0.1) is 5.69 Å². The average molecular weight is 714 g/mol. The molecule has 2 heteroatoms. The highest BCUT2D eigenvalue weighted by atomic mass is 16.3. The van der Waals surface area contributed by atoms with Crippen molar-refractivity contribution < 1.29 is 4.42 Å². The average Bonchev–Trinajstić information content (AvgIpc) is 3.66. The maximum absolute atomic E-state index is 6.26. The van der Waals surface area contributed by atoms with Crippen LogP contribution in [0.25, 0.3) is 87.6 Å². The lowest BCUT2D eigenvalue weighted by Gasteiger charge is -2.28. The van der Waals surface area contributed by atoms with Crippen molar-refractivity contribution in [3.63, 3.8) is 0 Å². The minimum absolute atomic E-state index is 0.902. The van der Waals surface area contributed by atoms with Gasteiger partial charge in [-0.15, -0.1) is 0 Å². The molecule has 0 amide bonds. The van der Waals surface area contributed by atoms with E-state index in [0.717, 1.165) is 50.1 Å². The number of benzene rings is 10. The lowest BCUT2D eigenvalue weighted by Crippen LogP contribution is -2.10. The second-order valence-electron chi connectivity index (χ2n) is 14.4. The van der Waals surface area contributed by atoms with Gasteiger partial charge in [0.15, 0.2) is 0 Å². The van der Waals surface area contributed by atoms with E-state index in [4.69, 9.17) is 4.42 Å². The second kappa shape index (κ2) is 13.2. The Morgan fingerprint density at radius 2 is 0.893 bits per heavy atom. The predicted octanol–water partition coefficient (Wildman–Crippen LogP) is 15.5. The highest BCUT2D eigenvalue weighted by Crippen LogP contribution is 2.45. The van der Waals surface area contributed by atoms with E-state index in [1.54, 1.807) is 0 Å². The smallest absolute Gasteiger partial charge is 0.136 e. The Kier molecular flexibility index (Phi) is 7.53. The molecule has 1 aromatic heterocycles. The fraction of sp³-hybridized carbons (Fsp3) is 0. The van der Waals surface area contributed by atoms with Gasteiger partial charge in [0.1, 0.15) is 11.2 Å². The van der Waals surface area contributed by atoms with Gasteiger partial charge in [0.25, 0.3) is 0 Å². The number of fused-ring (bicyclic) bond motifs is 7. The molecule has 1 heterocycles. The Bertz CT molecular complexity index is 3230. The summed E-state index contributed by atoms with van der Waals surface area (Å²) < 4.78 is 6.26. The zero-order valence-corrected chi connectivity index (χ0v) is 30.6. The topological polar surface area (TPSA) is 16.4 Å². The van der Waals surface area contributed by atoms with Crippen molar-refractivity contribution in [2.24, 2.45) is 0 Å². The molecule has 2 nitrogen and oxygen atoms in total. The van der Waals surface area contributed by atoms with E-state index in [9.17, 15) is 0 Å². The maximum atomic E-state index is 6.26. The molecule has 262 valence electrons. The fourth-order valence-corrected chi connectivity index (χ4v) is 8.67. The van der Waals surface area contributed by atoms with Gasteiger partial charge in [0.2, 0.25) is 0 Å². The van der Waals surface area contributed by atoms with E-state index in [1.165, 1.54) is 54.6 Å².